The Bertz CT molecular complexity index is 642. The Hall–Kier alpha value is -2.37. The second kappa shape index (κ2) is 5.55. The van der Waals surface area contributed by atoms with E-state index in [-0.39, 0.29) is 5.82 Å². The van der Waals surface area contributed by atoms with Crippen molar-refractivity contribution in [1.82, 2.24) is 14.7 Å². The van der Waals surface area contributed by atoms with Crippen LogP contribution in [0.5, 0.6) is 0 Å². The summed E-state index contributed by atoms with van der Waals surface area (Å²) >= 11 is 0. The summed E-state index contributed by atoms with van der Waals surface area (Å²) in [5.74, 6) is 0.292. The normalized spacial score (nSPS) is 15.2. The van der Waals surface area contributed by atoms with Crippen LogP contribution in [0.15, 0.2) is 41.5 Å². The molecule has 0 unspecified atom stereocenters. The van der Waals surface area contributed by atoms with Crippen molar-refractivity contribution in [3.8, 4) is 5.69 Å². The van der Waals surface area contributed by atoms with Gasteiger partial charge >= 0.3 is 0 Å². The van der Waals surface area contributed by atoms with Gasteiger partial charge in [0.2, 0.25) is 0 Å². The lowest BCUT2D eigenvalue weighted by molar-refractivity contribution is 0.487. The molecule has 0 atom stereocenters. The van der Waals surface area contributed by atoms with Gasteiger partial charge in [0.05, 0.1) is 17.9 Å². The molecule has 0 aliphatic heterocycles. The number of nitrogens with zero attached hydrogens (tertiary/aromatic N) is 4. The van der Waals surface area contributed by atoms with E-state index >= 15 is 0 Å². The van der Waals surface area contributed by atoms with Gasteiger partial charge in [0.25, 0.3) is 0 Å². The molecule has 5 nitrogen and oxygen atoms in total. The van der Waals surface area contributed by atoms with Gasteiger partial charge in [-0.2, -0.15) is 5.10 Å². The number of aromatic nitrogens is 2. The van der Waals surface area contributed by atoms with Crippen LogP contribution < -0.4 is 5.73 Å². The Morgan fingerprint density at radius 3 is 2.76 bits per heavy atom. The van der Waals surface area contributed by atoms with Crippen LogP contribution in [0.1, 0.15) is 18.5 Å². The highest BCUT2D eigenvalue weighted by Gasteiger charge is 2.27. The molecule has 110 valence electrons. The molecule has 1 aromatic heterocycles. The standard InChI is InChI=1S/C15H18FN5/c1-20(13-6-7-13)15(17)18-10-12-8-9-21(19-12)14-4-2-11(16)3-5-14/h2-5,8-9,13H,6-7,10H2,1H3,(H2,17,18). The van der Waals surface area contributed by atoms with Gasteiger partial charge in [-0.05, 0) is 43.2 Å². The smallest absolute Gasteiger partial charge is 0.191 e. The summed E-state index contributed by atoms with van der Waals surface area (Å²) in [6, 6.07) is 8.63. The summed E-state index contributed by atoms with van der Waals surface area (Å²) in [4.78, 5) is 6.37. The van der Waals surface area contributed by atoms with Crippen molar-refractivity contribution in [2.24, 2.45) is 10.7 Å². The quantitative estimate of drug-likeness (QED) is 0.690. The van der Waals surface area contributed by atoms with Gasteiger partial charge in [-0.3, -0.25) is 0 Å². The number of hydrogen-bond acceptors (Lipinski definition) is 2. The zero-order chi connectivity index (χ0) is 14.8. The lowest BCUT2D eigenvalue weighted by Gasteiger charge is -2.16. The van der Waals surface area contributed by atoms with Gasteiger partial charge in [0, 0.05) is 19.3 Å². The van der Waals surface area contributed by atoms with Crippen LogP contribution in [0.25, 0.3) is 5.69 Å². The first-order valence-corrected chi connectivity index (χ1v) is 6.97. The highest BCUT2D eigenvalue weighted by atomic mass is 19.1. The minimum Gasteiger partial charge on any atom is -0.370 e. The number of hydrogen-bond donors (Lipinski definition) is 1. The molecule has 2 aromatic rings. The SMILES string of the molecule is CN(C(N)=NCc1ccn(-c2ccc(F)cc2)n1)C1CC1. The second-order valence-electron chi connectivity index (χ2n) is 5.24. The van der Waals surface area contributed by atoms with E-state index in [1.165, 1.54) is 25.0 Å². The van der Waals surface area contributed by atoms with Crippen molar-refractivity contribution in [3.63, 3.8) is 0 Å². The molecular weight excluding hydrogens is 269 g/mol. The fourth-order valence-corrected chi connectivity index (χ4v) is 2.11. The molecule has 0 amide bonds. The summed E-state index contributed by atoms with van der Waals surface area (Å²) in [7, 11) is 1.97. The highest BCUT2D eigenvalue weighted by Crippen LogP contribution is 2.24. The van der Waals surface area contributed by atoms with E-state index in [9.17, 15) is 4.39 Å². The summed E-state index contributed by atoms with van der Waals surface area (Å²) in [6.07, 6.45) is 4.21. The molecule has 1 aromatic carbocycles. The van der Waals surface area contributed by atoms with E-state index in [1.807, 2.05) is 24.2 Å². The van der Waals surface area contributed by atoms with Gasteiger partial charge in [0.15, 0.2) is 5.96 Å². The molecule has 0 bridgehead atoms. The fraction of sp³-hybridized carbons (Fsp3) is 0.333. The maximum absolute atomic E-state index is 12.9. The van der Waals surface area contributed by atoms with Crippen molar-refractivity contribution in [2.45, 2.75) is 25.4 Å². The summed E-state index contributed by atoms with van der Waals surface area (Å²) in [5.41, 5.74) is 7.58. The van der Waals surface area contributed by atoms with Gasteiger partial charge in [-0.25, -0.2) is 14.1 Å². The Morgan fingerprint density at radius 2 is 2.10 bits per heavy atom. The van der Waals surface area contributed by atoms with E-state index in [4.69, 9.17) is 5.73 Å². The molecule has 3 rings (SSSR count). The van der Waals surface area contributed by atoms with Crippen molar-refractivity contribution < 1.29 is 4.39 Å². The maximum Gasteiger partial charge on any atom is 0.191 e. The van der Waals surface area contributed by atoms with Crippen molar-refractivity contribution in [1.29, 1.82) is 0 Å². The third-order valence-corrected chi connectivity index (χ3v) is 3.59. The minimum atomic E-state index is -0.258. The molecule has 21 heavy (non-hydrogen) atoms. The summed E-state index contributed by atoms with van der Waals surface area (Å²) < 4.78 is 14.6. The van der Waals surface area contributed by atoms with E-state index < -0.39 is 0 Å². The number of nitrogens with two attached hydrogens (primary N) is 1. The Labute approximate surface area is 122 Å². The average molecular weight is 287 g/mol. The molecule has 1 aliphatic carbocycles. The number of aliphatic imine (C=N–C) groups is 1. The third-order valence-electron chi connectivity index (χ3n) is 3.59. The van der Waals surface area contributed by atoms with Crippen LogP contribution >= 0.6 is 0 Å². The third kappa shape index (κ3) is 3.21. The largest absolute Gasteiger partial charge is 0.370 e. The zero-order valence-electron chi connectivity index (χ0n) is 11.9. The van der Waals surface area contributed by atoms with Crippen LogP contribution in [-0.4, -0.2) is 33.7 Å². The highest BCUT2D eigenvalue weighted by molar-refractivity contribution is 5.78. The van der Waals surface area contributed by atoms with Gasteiger partial charge in [-0.15, -0.1) is 0 Å². The second-order valence-corrected chi connectivity index (χ2v) is 5.24. The number of rotatable bonds is 4. The van der Waals surface area contributed by atoms with Gasteiger partial charge in [0.1, 0.15) is 5.82 Å². The van der Waals surface area contributed by atoms with E-state index in [1.54, 1.807) is 16.8 Å². The number of benzene rings is 1. The fourth-order valence-electron chi connectivity index (χ4n) is 2.11. The minimum absolute atomic E-state index is 0.258. The van der Waals surface area contributed by atoms with Crippen LogP contribution in [0.3, 0.4) is 0 Å². The predicted octanol–water partition coefficient (Wildman–Crippen LogP) is 1.92. The van der Waals surface area contributed by atoms with Gasteiger partial charge < -0.3 is 10.6 Å². The van der Waals surface area contributed by atoms with Gasteiger partial charge in [-0.1, -0.05) is 0 Å². The Kier molecular flexibility index (Phi) is 3.60. The zero-order valence-corrected chi connectivity index (χ0v) is 11.9. The summed E-state index contributed by atoms with van der Waals surface area (Å²) in [6.45, 7) is 0.442. The van der Waals surface area contributed by atoms with E-state index in [2.05, 4.69) is 10.1 Å². The summed E-state index contributed by atoms with van der Waals surface area (Å²) in [5, 5.41) is 4.41. The van der Waals surface area contributed by atoms with Crippen molar-refractivity contribution in [2.75, 3.05) is 7.05 Å². The van der Waals surface area contributed by atoms with Crippen LogP contribution in [0.2, 0.25) is 0 Å². The molecule has 0 spiro atoms. The molecule has 1 saturated carbocycles. The van der Waals surface area contributed by atoms with Crippen LogP contribution in [0, 0.1) is 5.82 Å². The van der Waals surface area contributed by atoms with Crippen LogP contribution in [-0.2, 0) is 6.54 Å². The van der Waals surface area contributed by atoms with Crippen LogP contribution in [0.4, 0.5) is 4.39 Å². The molecule has 0 radical (unpaired) electrons. The maximum atomic E-state index is 12.9. The Balaban J connectivity index is 1.67. The molecule has 0 saturated heterocycles. The molecule has 1 fully saturated rings. The van der Waals surface area contributed by atoms with Crippen molar-refractivity contribution in [3.05, 3.63) is 48.0 Å². The monoisotopic (exact) mass is 287 g/mol. The number of guanidine groups is 1. The van der Waals surface area contributed by atoms with E-state index in [0.717, 1.165) is 11.4 Å². The van der Waals surface area contributed by atoms with Crippen molar-refractivity contribution >= 4 is 5.96 Å². The lowest BCUT2D eigenvalue weighted by Crippen LogP contribution is -2.35. The first-order chi connectivity index (χ1) is 10.1. The topological polar surface area (TPSA) is 59.4 Å². The first kappa shape index (κ1) is 13.6. The first-order valence-electron chi connectivity index (χ1n) is 6.97. The molecule has 1 aliphatic rings. The van der Waals surface area contributed by atoms with E-state index in [0.29, 0.717) is 18.5 Å². The Morgan fingerprint density at radius 1 is 1.38 bits per heavy atom. The molecule has 6 heteroatoms. The molecule has 2 N–H and O–H groups in total. The number of halogens is 1. The molecule has 1 heterocycles. The lowest BCUT2D eigenvalue weighted by atomic mass is 10.3. The molecular formula is C15H18FN5. The average Bonchev–Trinajstić information content (AvgIpc) is 3.23. The predicted molar refractivity (Wildman–Crippen MR) is 79.6 cm³/mol.